The van der Waals surface area contributed by atoms with Gasteiger partial charge in [0.1, 0.15) is 24.7 Å². The van der Waals surface area contributed by atoms with Crippen LogP contribution in [0.15, 0.2) is 18.2 Å². The lowest BCUT2D eigenvalue weighted by Crippen LogP contribution is -2.46. The van der Waals surface area contributed by atoms with E-state index >= 15 is 0 Å². The van der Waals surface area contributed by atoms with Gasteiger partial charge < -0.3 is 10.0 Å². The molecule has 0 fully saturated rings. The molecule has 1 N–H and O–H groups in total. The van der Waals surface area contributed by atoms with E-state index in [2.05, 4.69) is 0 Å². The molecule has 1 unspecified atom stereocenters. The summed E-state index contributed by atoms with van der Waals surface area (Å²) in [7, 11) is 0. The quantitative estimate of drug-likeness (QED) is 0.903. The van der Waals surface area contributed by atoms with Gasteiger partial charge in [0.2, 0.25) is 0 Å². The summed E-state index contributed by atoms with van der Waals surface area (Å²) in [5.41, 5.74) is -0.156. The number of nitrogens with zero attached hydrogens (tertiary/aromatic N) is 3. The van der Waals surface area contributed by atoms with Crippen LogP contribution in [0, 0.1) is 22.7 Å². The average molecular weight is 311 g/mol. The maximum Gasteiger partial charge on any atom is 0.405 e. The topological polar surface area (TPSA) is 88.1 Å². The number of halogens is 3. The number of carboxylic acids is 1. The number of alkyl halides is 3. The SMILES string of the molecule is CCC(C(=O)O)N(CC(F)(F)F)c1ccc(C#N)c(C#N)c1. The molecular weight excluding hydrogens is 299 g/mol. The minimum atomic E-state index is -4.61. The van der Waals surface area contributed by atoms with Crippen LogP contribution >= 0.6 is 0 Å². The van der Waals surface area contributed by atoms with Crippen molar-refractivity contribution >= 4 is 11.7 Å². The summed E-state index contributed by atoms with van der Waals surface area (Å²) in [6.45, 7) is -0.00834. The van der Waals surface area contributed by atoms with Crippen LogP contribution in [0.2, 0.25) is 0 Å². The number of nitriles is 2. The number of carbonyl (C=O) groups is 1. The van der Waals surface area contributed by atoms with E-state index in [1.807, 2.05) is 0 Å². The summed E-state index contributed by atoms with van der Waals surface area (Å²) in [4.78, 5) is 11.9. The van der Waals surface area contributed by atoms with Gasteiger partial charge in [-0.2, -0.15) is 23.7 Å². The molecule has 0 bridgehead atoms. The van der Waals surface area contributed by atoms with E-state index in [4.69, 9.17) is 15.6 Å². The van der Waals surface area contributed by atoms with E-state index in [0.717, 1.165) is 6.07 Å². The molecular formula is C14H12F3N3O2. The van der Waals surface area contributed by atoms with Crippen LogP contribution in [0.25, 0.3) is 0 Å². The molecule has 0 aliphatic heterocycles. The summed E-state index contributed by atoms with van der Waals surface area (Å²) < 4.78 is 38.2. The Labute approximate surface area is 124 Å². The van der Waals surface area contributed by atoms with Gasteiger partial charge in [-0.05, 0) is 24.6 Å². The Hall–Kier alpha value is -2.74. The van der Waals surface area contributed by atoms with Crippen molar-refractivity contribution in [2.45, 2.75) is 25.6 Å². The van der Waals surface area contributed by atoms with E-state index in [0.29, 0.717) is 4.90 Å². The molecule has 0 amide bonds. The van der Waals surface area contributed by atoms with Crippen LogP contribution in [-0.4, -0.2) is 29.8 Å². The standard InChI is InChI=1S/C14H12F3N3O2/c1-2-12(13(21)22)20(8-14(15,16)17)11-4-3-9(6-18)10(5-11)7-19/h3-5,12H,2,8H2,1H3,(H,21,22). The number of carboxylic acid groups (broad SMARTS) is 1. The first-order valence-corrected chi connectivity index (χ1v) is 6.24. The van der Waals surface area contributed by atoms with Gasteiger partial charge in [-0.3, -0.25) is 0 Å². The van der Waals surface area contributed by atoms with Gasteiger partial charge in [0.25, 0.3) is 0 Å². The number of benzene rings is 1. The van der Waals surface area contributed by atoms with Crippen molar-refractivity contribution in [2.75, 3.05) is 11.4 Å². The van der Waals surface area contributed by atoms with Crippen LogP contribution in [0.5, 0.6) is 0 Å². The van der Waals surface area contributed by atoms with E-state index in [1.165, 1.54) is 19.1 Å². The smallest absolute Gasteiger partial charge is 0.405 e. The highest BCUT2D eigenvalue weighted by Gasteiger charge is 2.36. The van der Waals surface area contributed by atoms with Crippen molar-refractivity contribution in [3.63, 3.8) is 0 Å². The fourth-order valence-corrected chi connectivity index (χ4v) is 2.00. The van der Waals surface area contributed by atoms with Gasteiger partial charge in [0, 0.05) is 5.69 Å². The molecule has 5 nitrogen and oxygen atoms in total. The van der Waals surface area contributed by atoms with Crippen molar-refractivity contribution < 1.29 is 23.1 Å². The molecule has 0 heterocycles. The molecule has 1 rings (SSSR count). The third-order valence-electron chi connectivity index (χ3n) is 2.97. The lowest BCUT2D eigenvalue weighted by atomic mass is 10.1. The van der Waals surface area contributed by atoms with Gasteiger partial charge in [0.05, 0.1) is 11.1 Å². The zero-order valence-corrected chi connectivity index (χ0v) is 11.6. The predicted molar refractivity (Wildman–Crippen MR) is 71.0 cm³/mol. The first-order chi connectivity index (χ1) is 10.2. The van der Waals surface area contributed by atoms with Crippen molar-refractivity contribution in [1.29, 1.82) is 10.5 Å². The molecule has 22 heavy (non-hydrogen) atoms. The monoisotopic (exact) mass is 311 g/mol. The fraction of sp³-hybridized carbons (Fsp3) is 0.357. The van der Waals surface area contributed by atoms with Gasteiger partial charge in [-0.1, -0.05) is 6.92 Å². The molecule has 0 saturated carbocycles. The third-order valence-corrected chi connectivity index (χ3v) is 2.97. The molecule has 0 aliphatic carbocycles. The molecule has 1 atom stereocenters. The Kier molecular flexibility index (Phi) is 5.36. The summed E-state index contributed by atoms with van der Waals surface area (Å²) in [6, 6.07) is 5.57. The Balaban J connectivity index is 3.36. The van der Waals surface area contributed by atoms with Crippen LogP contribution in [0.3, 0.4) is 0 Å². The number of anilines is 1. The van der Waals surface area contributed by atoms with Gasteiger partial charge in [-0.15, -0.1) is 0 Å². The van der Waals surface area contributed by atoms with Crippen LogP contribution in [-0.2, 0) is 4.79 Å². The second kappa shape index (κ2) is 6.81. The molecule has 116 valence electrons. The molecule has 0 aliphatic rings. The van der Waals surface area contributed by atoms with Crippen LogP contribution in [0.4, 0.5) is 18.9 Å². The summed E-state index contributed by atoms with van der Waals surface area (Å²) >= 11 is 0. The number of rotatable bonds is 5. The Morgan fingerprint density at radius 1 is 1.32 bits per heavy atom. The highest BCUT2D eigenvalue weighted by Crippen LogP contribution is 2.27. The Morgan fingerprint density at radius 2 is 1.91 bits per heavy atom. The van der Waals surface area contributed by atoms with Crippen molar-refractivity contribution in [1.82, 2.24) is 0 Å². The minimum Gasteiger partial charge on any atom is -0.480 e. The van der Waals surface area contributed by atoms with E-state index in [9.17, 15) is 18.0 Å². The Bertz CT molecular complexity index is 644. The zero-order valence-electron chi connectivity index (χ0n) is 11.6. The number of hydrogen-bond donors (Lipinski definition) is 1. The first kappa shape index (κ1) is 17.3. The predicted octanol–water partition coefficient (Wildman–Crippen LogP) is 2.66. The summed E-state index contributed by atoms with van der Waals surface area (Å²) in [5.74, 6) is -1.39. The van der Waals surface area contributed by atoms with Crippen molar-refractivity contribution in [2.24, 2.45) is 0 Å². The number of hydrogen-bond acceptors (Lipinski definition) is 4. The second-order valence-corrected chi connectivity index (χ2v) is 4.46. The van der Waals surface area contributed by atoms with Gasteiger partial charge >= 0.3 is 12.1 Å². The van der Waals surface area contributed by atoms with Crippen molar-refractivity contribution in [3.05, 3.63) is 29.3 Å². The summed E-state index contributed by atoms with van der Waals surface area (Å²) in [6.07, 6.45) is -4.66. The van der Waals surface area contributed by atoms with E-state index in [1.54, 1.807) is 12.1 Å². The maximum atomic E-state index is 12.7. The molecule has 0 saturated heterocycles. The summed E-state index contributed by atoms with van der Waals surface area (Å²) in [5, 5.41) is 26.9. The van der Waals surface area contributed by atoms with Crippen molar-refractivity contribution in [3.8, 4) is 12.1 Å². The highest BCUT2D eigenvalue weighted by atomic mass is 19.4. The largest absolute Gasteiger partial charge is 0.480 e. The minimum absolute atomic E-state index is 0.0154. The molecule has 1 aromatic rings. The zero-order chi connectivity index (χ0) is 16.9. The average Bonchev–Trinajstić information content (AvgIpc) is 2.44. The highest BCUT2D eigenvalue weighted by molar-refractivity contribution is 5.78. The van der Waals surface area contributed by atoms with E-state index in [-0.39, 0.29) is 23.2 Å². The second-order valence-electron chi connectivity index (χ2n) is 4.46. The molecule has 8 heteroatoms. The van der Waals surface area contributed by atoms with Gasteiger partial charge in [-0.25, -0.2) is 4.79 Å². The molecule has 0 aromatic heterocycles. The Morgan fingerprint density at radius 3 is 2.32 bits per heavy atom. The molecule has 0 radical (unpaired) electrons. The lowest BCUT2D eigenvalue weighted by molar-refractivity contribution is -0.140. The maximum absolute atomic E-state index is 12.7. The number of aliphatic carboxylic acids is 1. The third kappa shape index (κ3) is 4.13. The van der Waals surface area contributed by atoms with Gasteiger partial charge in [0.15, 0.2) is 0 Å². The van der Waals surface area contributed by atoms with Crippen LogP contribution in [0.1, 0.15) is 24.5 Å². The molecule has 1 aromatic carbocycles. The molecule has 0 spiro atoms. The normalized spacial score (nSPS) is 12.1. The van der Waals surface area contributed by atoms with Crippen LogP contribution < -0.4 is 4.90 Å². The fourth-order valence-electron chi connectivity index (χ4n) is 2.00. The van der Waals surface area contributed by atoms with E-state index < -0.39 is 24.7 Å². The lowest BCUT2D eigenvalue weighted by Gasteiger charge is -2.31. The first-order valence-electron chi connectivity index (χ1n) is 6.24.